The first-order valence-corrected chi connectivity index (χ1v) is 6.24. The summed E-state index contributed by atoms with van der Waals surface area (Å²) in [5, 5.41) is 12.2. The van der Waals surface area contributed by atoms with E-state index in [4.69, 9.17) is 0 Å². The number of benzene rings is 2. The lowest BCUT2D eigenvalue weighted by Gasteiger charge is -1.97. The largest absolute Gasteiger partial charge is 0.278 e. The normalized spacial score (nSPS) is 10.8. The molecule has 0 atom stereocenters. The summed E-state index contributed by atoms with van der Waals surface area (Å²) in [6.07, 6.45) is 3.46. The maximum Gasteiger partial charge on any atom is 0.126 e. The predicted octanol–water partition coefficient (Wildman–Crippen LogP) is 2.71. The quantitative estimate of drug-likeness (QED) is 0.581. The molecule has 5 heteroatoms. The molecule has 98 valence electrons. The average Bonchev–Trinajstić information content (AvgIpc) is 2.98. The summed E-state index contributed by atoms with van der Waals surface area (Å²) in [4.78, 5) is 0. The second kappa shape index (κ2) is 5.79. The van der Waals surface area contributed by atoms with Gasteiger partial charge in [-0.25, -0.2) is 4.68 Å². The van der Waals surface area contributed by atoms with Crippen molar-refractivity contribution in [3.63, 3.8) is 0 Å². The highest BCUT2D eigenvalue weighted by Crippen LogP contribution is 2.06. The van der Waals surface area contributed by atoms with Crippen LogP contribution in [0, 0.1) is 0 Å². The molecule has 1 heterocycles. The highest BCUT2D eigenvalue weighted by Gasteiger charge is 1.99. The molecule has 1 N–H and O–H groups in total. The predicted molar refractivity (Wildman–Crippen MR) is 79.0 cm³/mol. The number of hydrogen-bond donors (Lipinski definition) is 1. The van der Waals surface area contributed by atoms with Crippen molar-refractivity contribution in [1.29, 1.82) is 0 Å². The molecular weight excluding hydrogens is 250 g/mol. The fourth-order valence-electron chi connectivity index (χ4n) is 1.73. The second-order valence-electron chi connectivity index (χ2n) is 4.16. The molecule has 0 aliphatic carbocycles. The minimum Gasteiger partial charge on any atom is -0.278 e. The molecule has 0 spiro atoms. The van der Waals surface area contributed by atoms with Gasteiger partial charge in [-0.1, -0.05) is 41.6 Å². The number of rotatable bonds is 4. The summed E-state index contributed by atoms with van der Waals surface area (Å²) < 4.78 is 1.71. The van der Waals surface area contributed by atoms with Gasteiger partial charge >= 0.3 is 0 Å². The summed E-state index contributed by atoms with van der Waals surface area (Å²) in [5.74, 6) is 0. The lowest BCUT2D eigenvalue weighted by molar-refractivity contribution is 0.803. The molecule has 0 unspecified atom stereocenters. The van der Waals surface area contributed by atoms with Crippen LogP contribution < -0.4 is 5.43 Å². The van der Waals surface area contributed by atoms with Gasteiger partial charge in [-0.05, 0) is 24.3 Å². The van der Waals surface area contributed by atoms with Crippen molar-refractivity contribution >= 4 is 11.9 Å². The Balaban J connectivity index is 1.69. The van der Waals surface area contributed by atoms with Crippen LogP contribution >= 0.6 is 0 Å². The van der Waals surface area contributed by atoms with Crippen molar-refractivity contribution in [2.45, 2.75) is 0 Å². The third-order valence-corrected chi connectivity index (χ3v) is 2.70. The van der Waals surface area contributed by atoms with E-state index in [9.17, 15) is 0 Å². The summed E-state index contributed by atoms with van der Waals surface area (Å²) in [6, 6.07) is 19.6. The van der Waals surface area contributed by atoms with Crippen LogP contribution in [0.4, 0.5) is 5.69 Å². The van der Waals surface area contributed by atoms with E-state index >= 15 is 0 Å². The van der Waals surface area contributed by atoms with Gasteiger partial charge in [-0.2, -0.15) is 5.10 Å². The third-order valence-electron chi connectivity index (χ3n) is 2.70. The Morgan fingerprint density at radius 2 is 1.65 bits per heavy atom. The zero-order valence-electron chi connectivity index (χ0n) is 10.7. The van der Waals surface area contributed by atoms with Crippen LogP contribution in [-0.2, 0) is 0 Å². The topological polar surface area (TPSA) is 55.1 Å². The van der Waals surface area contributed by atoms with Crippen LogP contribution in [0.15, 0.2) is 72.0 Å². The monoisotopic (exact) mass is 263 g/mol. The first-order chi connectivity index (χ1) is 9.92. The van der Waals surface area contributed by atoms with Gasteiger partial charge in [-0.15, -0.1) is 5.10 Å². The second-order valence-corrected chi connectivity index (χ2v) is 4.16. The molecule has 5 nitrogen and oxygen atoms in total. The van der Waals surface area contributed by atoms with Crippen LogP contribution in [0.2, 0.25) is 0 Å². The standard InChI is InChI=1S/C15H13N5/c1-3-7-13(8-4-1)17-16-11-14-12-20(19-18-14)15-9-5-2-6-10-15/h1-12,17H. The number of para-hydroxylation sites is 2. The zero-order valence-corrected chi connectivity index (χ0v) is 10.7. The van der Waals surface area contributed by atoms with Crippen molar-refractivity contribution < 1.29 is 0 Å². The average molecular weight is 263 g/mol. The van der Waals surface area contributed by atoms with Gasteiger partial charge in [0.25, 0.3) is 0 Å². The number of anilines is 1. The summed E-state index contributed by atoms with van der Waals surface area (Å²) in [7, 11) is 0. The van der Waals surface area contributed by atoms with Crippen LogP contribution in [0.1, 0.15) is 5.69 Å². The fraction of sp³-hybridized carbons (Fsp3) is 0. The van der Waals surface area contributed by atoms with Gasteiger partial charge in [0.05, 0.1) is 23.8 Å². The highest BCUT2D eigenvalue weighted by atomic mass is 15.4. The van der Waals surface area contributed by atoms with Crippen LogP contribution in [0.25, 0.3) is 5.69 Å². The lowest BCUT2D eigenvalue weighted by atomic mass is 10.3. The van der Waals surface area contributed by atoms with Gasteiger partial charge in [0.2, 0.25) is 0 Å². The van der Waals surface area contributed by atoms with E-state index in [1.54, 1.807) is 10.9 Å². The fourth-order valence-corrected chi connectivity index (χ4v) is 1.73. The van der Waals surface area contributed by atoms with Crippen molar-refractivity contribution in [3.8, 4) is 5.69 Å². The molecule has 0 fully saturated rings. The molecule has 0 radical (unpaired) electrons. The zero-order chi connectivity index (χ0) is 13.6. The number of hydrogen-bond acceptors (Lipinski definition) is 4. The molecule has 0 bridgehead atoms. The van der Waals surface area contributed by atoms with E-state index in [-0.39, 0.29) is 0 Å². The van der Waals surface area contributed by atoms with E-state index in [0.29, 0.717) is 5.69 Å². The number of nitrogens with one attached hydrogen (secondary N) is 1. The smallest absolute Gasteiger partial charge is 0.126 e. The summed E-state index contributed by atoms with van der Waals surface area (Å²) in [5.41, 5.74) is 5.52. The minimum absolute atomic E-state index is 0.692. The molecule has 20 heavy (non-hydrogen) atoms. The Hall–Kier alpha value is -2.95. The molecule has 3 rings (SSSR count). The highest BCUT2D eigenvalue weighted by molar-refractivity contribution is 5.77. The van der Waals surface area contributed by atoms with Crippen LogP contribution in [-0.4, -0.2) is 21.2 Å². The van der Waals surface area contributed by atoms with Gasteiger partial charge in [0.1, 0.15) is 5.69 Å². The Bertz CT molecular complexity index is 689. The summed E-state index contributed by atoms with van der Waals surface area (Å²) in [6.45, 7) is 0. The third kappa shape index (κ3) is 2.89. The Morgan fingerprint density at radius 1 is 0.950 bits per heavy atom. The SMILES string of the molecule is C(=NNc1ccccc1)c1cn(-c2ccccc2)nn1. The van der Waals surface area contributed by atoms with Gasteiger partial charge in [0.15, 0.2) is 0 Å². The van der Waals surface area contributed by atoms with E-state index in [1.807, 2.05) is 66.9 Å². The molecule has 0 amide bonds. The lowest BCUT2D eigenvalue weighted by Crippen LogP contribution is -1.93. The number of aromatic nitrogens is 3. The molecule has 1 aromatic heterocycles. The van der Waals surface area contributed by atoms with Crippen molar-refractivity contribution in [3.05, 3.63) is 72.6 Å². The Labute approximate surface area is 116 Å². The first-order valence-electron chi connectivity index (χ1n) is 6.24. The number of nitrogens with zero attached hydrogens (tertiary/aromatic N) is 4. The van der Waals surface area contributed by atoms with Crippen molar-refractivity contribution in [2.24, 2.45) is 5.10 Å². The summed E-state index contributed by atoms with van der Waals surface area (Å²) >= 11 is 0. The van der Waals surface area contributed by atoms with Crippen molar-refractivity contribution in [1.82, 2.24) is 15.0 Å². The van der Waals surface area contributed by atoms with Crippen LogP contribution in [0.5, 0.6) is 0 Å². The maximum absolute atomic E-state index is 4.13. The first kappa shape index (κ1) is 12.1. The van der Waals surface area contributed by atoms with Gasteiger partial charge < -0.3 is 0 Å². The van der Waals surface area contributed by atoms with Gasteiger partial charge in [-0.3, -0.25) is 5.43 Å². The van der Waals surface area contributed by atoms with Crippen LogP contribution in [0.3, 0.4) is 0 Å². The molecule has 2 aromatic carbocycles. The molecule has 0 saturated heterocycles. The van der Waals surface area contributed by atoms with Gasteiger partial charge in [0, 0.05) is 0 Å². The number of hydrazone groups is 1. The Kier molecular flexibility index (Phi) is 3.51. The maximum atomic E-state index is 4.13. The molecule has 0 saturated carbocycles. The van der Waals surface area contributed by atoms with E-state index < -0.39 is 0 Å². The van der Waals surface area contributed by atoms with E-state index in [0.717, 1.165) is 11.4 Å². The molecular formula is C15H13N5. The molecule has 0 aliphatic heterocycles. The van der Waals surface area contributed by atoms with E-state index in [1.165, 1.54) is 0 Å². The molecule has 0 aliphatic rings. The minimum atomic E-state index is 0.692. The van der Waals surface area contributed by atoms with Crippen molar-refractivity contribution in [2.75, 3.05) is 5.43 Å². The van der Waals surface area contributed by atoms with E-state index in [2.05, 4.69) is 20.8 Å². The molecule has 3 aromatic rings. The Morgan fingerprint density at radius 3 is 2.40 bits per heavy atom.